The van der Waals surface area contributed by atoms with Gasteiger partial charge in [0.15, 0.2) is 0 Å². The third-order valence-corrected chi connectivity index (χ3v) is 5.81. The summed E-state index contributed by atoms with van der Waals surface area (Å²) < 4.78 is 0. The molecular weight excluding hydrogens is 340 g/mol. The molecule has 7 heteroatoms. The zero-order chi connectivity index (χ0) is 16.8. The Balaban J connectivity index is 1.43. The van der Waals surface area contributed by atoms with Gasteiger partial charge in [-0.05, 0) is 17.9 Å². The van der Waals surface area contributed by atoms with Crippen molar-refractivity contribution in [1.82, 2.24) is 20.1 Å². The molecule has 0 saturated carbocycles. The Morgan fingerprint density at radius 1 is 1.25 bits per heavy atom. The van der Waals surface area contributed by atoms with Crippen molar-refractivity contribution in [2.45, 2.75) is 19.9 Å². The molecule has 2 aromatic heterocycles. The highest BCUT2D eigenvalue weighted by molar-refractivity contribution is 7.14. The number of hydrogen-bond acceptors (Lipinski definition) is 6. The number of hydrogen-bond donors (Lipinski definition) is 1. The lowest BCUT2D eigenvalue weighted by Crippen LogP contribution is -2.49. The van der Waals surface area contributed by atoms with E-state index in [0.29, 0.717) is 6.54 Å². The predicted octanol–water partition coefficient (Wildman–Crippen LogP) is 2.52. The normalized spacial score (nSPS) is 16.4. The minimum Gasteiger partial charge on any atom is -0.355 e. The van der Waals surface area contributed by atoms with Gasteiger partial charge in [-0.25, -0.2) is 4.98 Å². The van der Waals surface area contributed by atoms with Crippen LogP contribution in [0.2, 0.25) is 0 Å². The fraction of sp³-hybridized carbons (Fsp3) is 0.529. The summed E-state index contributed by atoms with van der Waals surface area (Å²) in [5.41, 5.74) is 1.09. The number of amides is 1. The first kappa shape index (κ1) is 17.5. The van der Waals surface area contributed by atoms with E-state index >= 15 is 0 Å². The zero-order valence-corrected chi connectivity index (χ0v) is 15.7. The average molecular weight is 365 g/mol. The Kier molecular flexibility index (Phi) is 6.37. The van der Waals surface area contributed by atoms with Crippen molar-refractivity contribution in [3.63, 3.8) is 0 Å². The van der Waals surface area contributed by atoms with Gasteiger partial charge in [0.25, 0.3) is 0 Å². The van der Waals surface area contributed by atoms with Crippen molar-refractivity contribution in [2.24, 2.45) is 0 Å². The average Bonchev–Trinajstić information content (AvgIpc) is 3.26. The quantitative estimate of drug-likeness (QED) is 0.820. The second-order valence-corrected chi connectivity index (χ2v) is 7.90. The maximum Gasteiger partial charge on any atom is 0.234 e. The van der Waals surface area contributed by atoms with Gasteiger partial charge >= 0.3 is 0 Å². The fourth-order valence-electron chi connectivity index (χ4n) is 2.74. The van der Waals surface area contributed by atoms with Crippen molar-refractivity contribution in [1.29, 1.82) is 0 Å². The Labute approximate surface area is 151 Å². The largest absolute Gasteiger partial charge is 0.355 e. The molecule has 24 heavy (non-hydrogen) atoms. The van der Waals surface area contributed by atoms with E-state index in [2.05, 4.69) is 44.9 Å². The van der Waals surface area contributed by atoms with Crippen molar-refractivity contribution in [3.05, 3.63) is 27.9 Å². The summed E-state index contributed by atoms with van der Waals surface area (Å²) in [7, 11) is 0. The summed E-state index contributed by atoms with van der Waals surface area (Å²) in [5.74, 6) is 0.144. The number of rotatable bonds is 7. The molecule has 3 heterocycles. The van der Waals surface area contributed by atoms with E-state index in [0.717, 1.165) is 51.4 Å². The lowest BCUT2D eigenvalue weighted by Gasteiger charge is -2.33. The van der Waals surface area contributed by atoms with Crippen molar-refractivity contribution in [3.8, 4) is 10.6 Å². The summed E-state index contributed by atoms with van der Waals surface area (Å²) in [4.78, 5) is 22.4. The zero-order valence-electron chi connectivity index (χ0n) is 14.0. The molecule has 0 radical (unpaired) electrons. The SMILES string of the molecule is CCCNC(=O)CN1CCN(Cc2nc(-c3cccs3)cs2)CC1. The Bertz CT molecular complexity index is 633. The molecule has 1 fully saturated rings. The topological polar surface area (TPSA) is 48.5 Å². The van der Waals surface area contributed by atoms with Gasteiger partial charge in [0.2, 0.25) is 5.91 Å². The van der Waals surface area contributed by atoms with Gasteiger partial charge in [-0.3, -0.25) is 14.6 Å². The van der Waals surface area contributed by atoms with Gasteiger partial charge in [0, 0.05) is 38.1 Å². The van der Waals surface area contributed by atoms with Crippen LogP contribution in [0, 0.1) is 0 Å². The first-order valence-electron chi connectivity index (χ1n) is 8.44. The molecular formula is C17H24N4OS2. The van der Waals surface area contributed by atoms with Gasteiger partial charge < -0.3 is 5.32 Å². The van der Waals surface area contributed by atoms with Crippen LogP contribution in [0.15, 0.2) is 22.9 Å². The number of thiazole rings is 1. The molecule has 0 aromatic carbocycles. The van der Waals surface area contributed by atoms with E-state index in [4.69, 9.17) is 4.98 Å². The molecule has 1 aliphatic rings. The van der Waals surface area contributed by atoms with E-state index in [1.54, 1.807) is 22.7 Å². The number of carbonyl (C=O) groups excluding carboxylic acids is 1. The molecule has 1 aliphatic heterocycles. The highest BCUT2D eigenvalue weighted by atomic mass is 32.1. The van der Waals surface area contributed by atoms with E-state index < -0.39 is 0 Å². The Morgan fingerprint density at radius 3 is 2.75 bits per heavy atom. The van der Waals surface area contributed by atoms with Crippen LogP contribution in [0.4, 0.5) is 0 Å². The van der Waals surface area contributed by atoms with E-state index in [-0.39, 0.29) is 5.91 Å². The molecule has 2 aromatic rings. The van der Waals surface area contributed by atoms with Crippen LogP contribution in [0.1, 0.15) is 18.4 Å². The second kappa shape index (κ2) is 8.71. The minimum atomic E-state index is 0.144. The number of thiophene rings is 1. The second-order valence-electron chi connectivity index (χ2n) is 6.01. The molecule has 1 N–H and O–H groups in total. The molecule has 0 atom stereocenters. The Morgan fingerprint density at radius 2 is 2.04 bits per heavy atom. The summed E-state index contributed by atoms with van der Waals surface area (Å²) >= 11 is 3.47. The maximum absolute atomic E-state index is 11.8. The van der Waals surface area contributed by atoms with E-state index in [1.165, 1.54) is 9.88 Å². The highest BCUT2D eigenvalue weighted by Crippen LogP contribution is 2.26. The van der Waals surface area contributed by atoms with Crippen LogP contribution in [0.5, 0.6) is 0 Å². The highest BCUT2D eigenvalue weighted by Gasteiger charge is 2.19. The van der Waals surface area contributed by atoms with Crippen LogP contribution in [-0.2, 0) is 11.3 Å². The standard InChI is InChI=1S/C17H24N4OS2/c1-2-5-18-16(22)11-20-6-8-21(9-7-20)12-17-19-14(13-24-17)15-4-3-10-23-15/h3-4,10,13H,2,5-9,11-12H2,1H3,(H,18,22). The number of aromatic nitrogens is 1. The smallest absolute Gasteiger partial charge is 0.234 e. The molecule has 0 unspecified atom stereocenters. The van der Waals surface area contributed by atoms with E-state index in [9.17, 15) is 4.79 Å². The van der Waals surface area contributed by atoms with Gasteiger partial charge in [-0.2, -0.15) is 0 Å². The van der Waals surface area contributed by atoms with Gasteiger partial charge in [-0.1, -0.05) is 13.0 Å². The van der Waals surface area contributed by atoms with Crippen molar-refractivity contribution >= 4 is 28.6 Å². The number of nitrogens with one attached hydrogen (secondary N) is 1. The maximum atomic E-state index is 11.8. The van der Waals surface area contributed by atoms with Crippen LogP contribution in [-0.4, -0.2) is 60.0 Å². The van der Waals surface area contributed by atoms with E-state index in [1.807, 2.05) is 0 Å². The van der Waals surface area contributed by atoms with Crippen LogP contribution in [0.3, 0.4) is 0 Å². The molecule has 0 bridgehead atoms. The summed E-state index contributed by atoms with van der Waals surface area (Å²) in [5, 5.41) is 8.35. The van der Waals surface area contributed by atoms with Gasteiger partial charge in [-0.15, -0.1) is 22.7 Å². The van der Waals surface area contributed by atoms with Gasteiger partial charge in [0.05, 0.1) is 23.7 Å². The van der Waals surface area contributed by atoms with Crippen molar-refractivity contribution < 1.29 is 4.79 Å². The lowest BCUT2D eigenvalue weighted by molar-refractivity contribution is -0.122. The molecule has 1 saturated heterocycles. The van der Waals surface area contributed by atoms with Gasteiger partial charge in [0.1, 0.15) is 5.01 Å². The monoisotopic (exact) mass is 364 g/mol. The van der Waals surface area contributed by atoms with Crippen molar-refractivity contribution in [2.75, 3.05) is 39.3 Å². The Hall–Kier alpha value is -1.28. The molecule has 1 amide bonds. The minimum absolute atomic E-state index is 0.144. The number of carbonyl (C=O) groups is 1. The summed E-state index contributed by atoms with van der Waals surface area (Å²) in [6.07, 6.45) is 0.987. The molecule has 0 spiro atoms. The molecule has 130 valence electrons. The first-order valence-corrected chi connectivity index (χ1v) is 10.2. The lowest BCUT2D eigenvalue weighted by atomic mass is 10.3. The molecule has 0 aliphatic carbocycles. The summed E-state index contributed by atoms with van der Waals surface area (Å²) in [6, 6.07) is 4.18. The molecule has 5 nitrogen and oxygen atoms in total. The third kappa shape index (κ3) is 4.86. The fourth-order valence-corrected chi connectivity index (χ4v) is 4.34. The summed E-state index contributed by atoms with van der Waals surface area (Å²) in [6.45, 7) is 8.16. The number of nitrogens with zero attached hydrogens (tertiary/aromatic N) is 3. The van der Waals surface area contributed by atoms with Crippen LogP contribution in [0.25, 0.3) is 10.6 Å². The molecule has 3 rings (SSSR count). The third-order valence-electron chi connectivity index (χ3n) is 4.09. The van der Waals surface area contributed by atoms with Crippen LogP contribution >= 0.6 is 22.7 Å². The first-order chi connectivity index (χ1) is 11.7. The predicted molar refractivity (Wildman–Crippen MR) is 100 cm³/mol. The number of piperazine rings is 1. The van der Waals surface area contributed by atoms with Crippen LogP contribution < -0.4 is 5.32 Å².